The first-order chi connectivity index (χ1) is 6.45. The van der Waals surface area contributed by atoms with Crippen molar-refractivity contribution in [1.82, 2.24) is 4.98 Å². The second-order valence-electron chi connectivity index (χ2n) is 2.60. The van der Waals surface area contributed by atoms with Crippen LogP contribution in [0.5, 0.6) is 0 Å². The summed E-state index contributed by atoms with van der Waals surface area (Å²) in [5.41, 5.74) is -0.879. The van der Waals surface area contributed by atoms with E-state index in [-0.39, 0.29) is 5.56 Å². The number of alkyl halides is 2. The predicted molar refractivity (Wildman–Crippen MR) is 48.6 cm³/mol. The number of pyridine rings is 1. The first-order valence-corrected chi connectivity index (χ1v) is 4.41. The molecule has 1 aromatic heterocycles. The van der Waals surface area contributed by atoms with Crippen molar-refractivity contribution in [3.8, 4) is 0 Å². The Morgan fingerprint density at radius 3 is 2.64 bits per heavy atom. The minimum Gasteiger partial charge on any atom is -0.478 e. The number of carboxylic acids is 1. The topological polar surface area (TPSA) is 50.2 Å². The lowest BCUT2D eigenvalue weighted by molar-refractivity contribution is 0.0681. The average Bonchev–Trinajstić information content (AvgIpc) is 2.08. The number of nitrogens with zero attached hydrogens (tertiary/aromatic N) is 1. The molecular formula is C8H6BrF2NO2. The molecular weight excluding hydrogens is 260 g/mol. The summed E-state index contributed by atoms with van der Waals surface area (Å²) in [6.45, 7) is 1.45. The van der Waals surface area contributed by atoms with E-state index in [2.05, 4.69) is 20.9 Å². The van der Waals surface area contributed by atoms with Crippen molar-refractivity contribution in [3.05, 3.63) is 27.5 Å². The largest absolute Gasteiger partial charge is 0.478 e. The molecule has 0 amide bonds. The first kappa shape index (κ1) is 11.0. The molecule has 0 aliphatic rings. The number of hydrogen-bond acceptors (Lipinski definition) is 2. The fourth-order valence-corrected chi connectivity index (χ4v) is 1.34. The Kier molecular flexibility index (Phi) is 3.15. The first-order valence-electron chi connectivity index (χ1n) is 3.61. The van der Waals surface area contributed by atoms with Gasteiger partial charge in [0.25, 0.3) is 6.43 Å². The van der Waals surface area contributed by atoms with Crippen molar-refractivity contribution in [2.75, 3.05) is 0 Å². The Morgan fingerprint density at radius 2 is 2.21 bits per heavy atom. The molecule has 0 atom stereocenters. The van der Waals surface area contributed by atoms with E-state index in [0.29, 0.717) is 4.47 Å². The Hall–Kier alpha value is -1.04. The Morgan fingerprint density at radius 1 is 1.64 bits per heavy atom. The average molecular weight is 266 g/mol. The van der Waals surface area contributed by atoms with E-state index >= 15 is 0 Å². The number of hydrogen-bond donors (Lipinski definition) is 1. The second-order valence-corrected chi connectivity index (χ2v) is 3.45. The summed E-state index contributed by atoms with van der Waals surface area (Å²) >= 11 is 3.03. The van der Waals surface area contributed by atoms with Gasteiger partial charge in [0.05, 0.1) is 5.56 Å². The molecule has 0 aromatic carbocycles. The number of rotatable bonds is 2. The summed E-state index contributed by atoms with van der Waals surface area (Å²) in [4.78, 5) is 14.1. The summed E-state index contributed by atoms with van der Waals surface area (Å²) in [6, 6.07) is 0. The quantitative estimate of drug-likeness (QED) is 0.895. The van der Waals surface area contributed by atoms with E-state index in [1.807, 2.05) is 0 Å². The maximum atomic E-state index is 12.4. The molecule has 1 heterocycles. The zero-order valence-electron chi connectivity index (χ0n) is 7.09. The molecule has 1 rings (SSSR count). The lowest BCUT2D eigenvalue weighted by Gasteiger charge is -2.08. The summed E-state index contributed by atoms with van der Waals surface area (Å²) in [5.74, 6) is -1.40. The van der Waals surface area contributed by atoms with Gasteiger partial charge in [0.2, 0.25) is 0 Å². The molecule has 0 radical (unpaired) electrons. The molecule has 3 nitrogen and oxygen atoms in total. The highest BCUT2D eigenvalue weighted by Gasteiger charge is 2.22. The number of carboxylic acid groups (broad SMARTS) is 1. The van der Waals surface area contributed by atoms with E-state index in [4.69, 9.17) is 5.11 Å². The highest BCUT2D eigenvalue weighted by Crippen LogP contribution is 2.27. The molecule has 0 bridgehead atoms. The van der Waals surface area contributed by atoms with Gasteiger partial charge in [0, 0.05) is 10.7 Å². The maximum Gasteiger partial charge on any atom is 0.338 e. The van der Waals surface area contributed by atoms with Crippen LogP contribution < -0.4 is 0 Å². The van der Waals surface area contributed by atoms with Crippen molar-refractivity contribution in [2.24, 2.45) is 0 Å². The van der Waals surface area contributed by atoms with Gasteiger partial charge < -0.3 is 5.11 Å². The van der Waals surface area contributed by atoms with Crippen LogP contribution in [0, 0.1) is 6.92 Å². The zero-order chi connectivity index (χ0) is 10.9. The third kappa shape index (κ3) is 1.89. The van der Waals surface area contributed by atoms with Crippen LogP contribution >= 0.6 is 15.9 Å². The number of carbonyl (C=O) groups is 1. The number of aromatic carboxylic acids is 1. The monoisotopic (exact) mass is 265 g/mol. The van der Waals surface area contributed by atoms with Crippen molar-refractivity contribution >= 4 is 21.9 Å². The molecule has 0 saturated heterocycles. The molecule has 0 spiro atoms. The summed E-state index contributed by atoms with van der Waals surface area (Å²) in [7, 11) is 0. The van der Waals surface area contributed by atoms with Crippen LogP contribution in [0.3, 0.4) is 0 Å². The molecule has 0 unspecified atom stereocenters. The lowest BCUT2D eigenvalue weighted by atomic mass is 10.1. The highest BCUT2D eigenvalue weighted by atomic mass is 79.9. The molecule has 0 aliphatic heterocycles. The Bertz CT molecular complexity index is 382. The molecule has 1 N–H and O–H groups in total. The second kappa shape index (κ2) is 4.00. The van der Waals surface area contributed by atoms with Gasteiger partial charge >= 0.3 is 5.97 Å². The minimum absolute atomic E-state index is 0.253. The van der Waals surface area contributed by atoms with Crippen LogP contribution in [0.1, 0.15) is 28.0 Å². The van der Waals surface area contributed by atoms with E-state index < -0.39 is 23.7 Å². The molecule has 76 valence electrons. The van der Waals surface area contributed by atoms with Crippen molar-refractivity contribution in [3.63, 3.8) is 0 Å². The summed E-state index contributed by atoms with van der Waals surface area (Å²) in [6.07, 6.45) is -1.71. The predicted octanol–water partition coefficient (Wildman–Crippen LogP) is 2.79. The minimum atomic E-state index is -2.88. The van der Waals surface area contributed by atoms with E-state index in [0.717, 1.165) is 0 Å². The Balaban J connectivity index is 3.45. The normalized spacial score (nSPS) is 10.6. The lowest BCUT2D eigenvalue weighted by Crippen LogP contribution is -2.08. The third-order valence-corrected chi connectivity index (χ3v) is 2.53. The van der Waals surface area contributed by atoms with Crippen LogP contribution in [0.15, 0.2) is 10.7 Å². The molecule has 14 heavy (non-hydrogen) atoms. The van der Waals surface area contributed by atoms with Gasteiger partial charge in [0.1, 0.15) is 5.69 Å². The van der Waals surface area contributed by atoms with Gasteiger partial charge in [-0.05, 0) is 28.4 Å². The van der Waals surface area contributed by atoms with Crippen LogP contribution in [0.2, 0.25) is 0 Å². The molecule has 1 aromatic rings. The number of aromatic nitrogens is 1. The fourth-order valence-electron chi connectivity index (χ4n) is 1.03. The van der Waals surface area contributed by atoms with Gasteiger partial charge in [-0.15, -0.1) is 0 Å². The van der Waals surface area contributed by atoms with Gasteiger partial charge in [-0.3, -0.25) is 4.98 Å². The molecule has 0 saturated carbocycles. The standard InChI is InChI=1S/C8H6BrF2NO2/c1-3-4(9)2-12-6(7(10)11)5(3)8(13)14/h2,7H,1H3,(H,13,14). The summed E-state index contributed by atoms with van der Waals surface area (Å²) in [5, 5.41) is 8.73. The van der Waals surface area contributed by atoms with E-state index in [9.17, 15) is 13.6 Å². The van der Waals surface area contributed by atoms with E-state index in [1.54, 1.807) is 0 Å². The third-order valence-electron chi connectivity index (χ3n) is 1.73. The molecule has 0 fully saturated rings. The van der Waals surface area contributed by atoms with E-state index in [1.165, 1.54) is 13.1 Å². The van der Waals surface area contributed by atoms with Crippen LogP contribution in [0.25, 0.3) is 0 Å². The van der Waals surface area contributed by atoms with Crippen LogP contribution in [-0.2, 0) is 0 Å². The fraction of sp³-hybridized carbons (Fsp3) is 0.250. The molecule has 0 aliphatic carbocycles. The van der Waals surface area contributed by atoms with Crippen LogP contribution in [0.4, 0.5) is 8.78 Å². The van der Waals surface area contributed by atoms with Crippen LogP contribution in [-0.4, -0.2) is 16.1 Å². The zero-order valence-corrected chi connectivity index (χ0v) is 8.68. The van der Waals surface area contributed by atoms with Gasteiger partial charge in [-0.25, -0.2) is 13.6 Å². The Labute approximate surface area is 86.9 Å². The van der Waals surface area contributed by atoms with Gasteiger partial charge in [-0.1, -0.05) is 0 Å². The number of halogens is 3. The van der Waals surface area contributed by atoms with Crippen molar-refractivity contribution in [1.29, 1.82) is 0 Å². The van der Waals surface area contributed by atoms with Crippen molar-refractivity contribution in [2.45, 2.75) is 13.3 Å². The molecule has 6 heteroatoms. The maximum absolute atomic E-state index is 12.4. The van der Waals surface area contributed by atoms with Crippen molar-refractivity contribution < 1.29 is 18.7 Å². The SMILES string of the molecule is Cc1c(Br)cnc(C(F)F)c1C(=O)O. The van der Waals surface area contributed by atoms with Gasteiger partial charge in [-0.2, -0.15) is 0 Å². The van der Waals surface area contributed by atoms with Gasteiger partial charge in [0.15, 0.2) is 0 Å². The smallest absolute Gasteiger partial charge is 0.338 e. The summed E-state index contributed by atoms with van der Waals surface area (Å²) < 4.78 is 25.1. The highest BCUT2D eigenvalue weighted by molar-refractivity contribution is 9.10.